The van der Waals surface area contributed by atoms with Crippen LogP contribution in [0.4, 0.5) is 11.6 Å². The number of nitrogens with one attached hydrogen (secondary N) is 2. The van der Waals surface area contributed by atoms with Crippen molar-refractivity contribution in [2.45, 2.75) is 44.6 Å². The zero-order valence-corrected chi connectivity index (χ0v) is 25.8. The second-order valence-electron chi connectivity index (χ2n) is 11.2. The van der Waals surface area contributed by atoms with Gasteiger partial charge in [0.05, 0.1) is 11.3 Å². The molecule has 12 heteroatoms. The van der Waals surface area contributed by atoms with Gasteiger partial charge in [-0.25, -0.2) is 28.2 Å². The molecule has 3 N–H and O–H groups in total. The highest BCUT2D eigenvalue weighted by atomic mass is 32.2. The molecule has 1 atom stereocenters. The van der Waals surface area contributed by atoms with Crippen LogP contribution < -0.4 is 10.6 Å². The van der Waals surface area contributed by atoms with Crippen LogP contribution in [0, 0.1) is 0 Å². The zero-order valence-electron chi connectivity index (χ0n) is 24.9. The SMILES string of the molecule is CS(=O)(=O)CCN(CCCCc1ccc2c(n1)NCCC2)CCC(Nc1nc(-c2cccnc2)nc2ccccc12)C(=O)O. The first-order valence-corrected chi connectivity index (χ1v) is 17.1. The van der Waals surface area contributed by atoms with Crippen LogP contribution >= 0.6 is 0 Å². The number of anilines is 2. The van der Waals surface area contributed by atoms with Crippen LogP contribution in [0.15, 0.2) is 60.9 Å². The van der Waals surface area contributed by atoms with Gasteiger partial charge >= 0.3 is 5.97 Å². The van der Waals surface area contributed by atoms with Gasteiger partial charge in [-0.15, -0.1) is 0 Å². The second kappa shape index (κ2) is 14.5. The molecule has 232 valence electrons. The monoisotopic (exact) mass is 617 g/mol. The highest BCUT2D eigenvalue weighted by molar-refractivity contribution is 7.90. The lowest BCUT2D eigenvalue weighted by molar-refractivity contribution is -0.138. The zero-order chi connectivity index (χ0) is 30.9. The van der Waals surface area contributed by atoms with E-state index >= 15 is 0 Å². The van der Waals surface area contributed by atoms with Gasteiger partial charge in [0.1, 0.15) is 27.5 Å². The largest absolute Gasteiger partial charge is 0.480 e. The average Bonchev–Trinajstić information content (AvgIpc) is 3.02. The first-order chi connectivity index (χ1) is 21.2. The number of carbonyl (C=O) groups is 1. The highest BCUT2D eigenvalue weighted by Gasteiger charge is 2.22. The number of fused-ring (bicyclic) bond motifs is 2. The quantitative estimate of drug-likeness (QED) is 0.166. The molecular formula is C32H39N7O4S. The van der Waals surface area contributed by atoms with Crippen molar-refractivity contribution in [3.63, 3.8) is 0 Å². The highest BCUT2D eigenvalue weighted by Crippen LogP contribution is 2.26. The van der Waals surface area contributed by atoms with E-state index in [0.29, 0.717) is 42.2 Å². The summed E-state index contributed by atoms with van der Waals surface area (Å²) in [5.41, 5.74) is 3.71. The van der Waals surface area contributed by atoms with E-state index in [1.54, 1.807) is 18.5 Å². The number of benzene rings is 1. The summed E-state index contributed by atoms with van der Waals surface area (Å²) in [6.45, 7) is 2.36. The van der Waals surface area contributed by atoms with Crippen LogP contribution in [-0.4, -0.2) is 88.6 Å². The number of carboxylic acids is 1. The summed E-state index contributed by atoms with van der Waals surface area (Å²) in [6, 6.07) is 14.4. The van der Waals surface area contributed by atoms with Crippen molar-refractivity contribution in [1.82, 2.24) is 24.8 Å². The minimum atomic E-state index is -3.17. The maximum atomic E-state index is 12.4. The summed E-state index contributed by atoms with van der Waals surface area (Å²) < 4.78 is 23.9. The lowest BCUT2D eigenvalue weighted by Gasteiger charge is -2.24. The van der Waals surface area contributed by atoms with Gasteiger partial charge in [0.2, 0.25) is 0 Å². The van der Waals surface area contributed by atoms with Crippen molar-refractivity contribution in [1.29, 1.82) is 0 Å². The molecule has 4 aromatic rings. The molecule has 0 radical (unpaired) electrons. The Morgan fingerprint density at radius 3 is 2.70 bits per heavy atom. The number of pyridine rings is 2. The maximum absolute atomic E-state index is 12.4. The number of aryl methyl sites for hydroxylation is 2. The number of unbranched alkanes of at least 4 members (excludes halogenated alkanes) is 1. The van der Waals surface area contributed by atoms with Crippen LogP contribution in [0.5, 0.6) is 0 Å². The molecule has 0 bridgehead atoms. The Bertz CT molecular complexity index is 1690. The van der Waals surface area contributed by atoms with Crippen LogP contribution in [0.3, 0.4) is 0 Å². The number of nitrogens with zero attached hydrogens (tertiary/aromatic N) is 5. The molecule has 1 aliphatic rings. The van der Waals surface area contributed by atoms with Gasteiger partial charge in [-0.1, -0.05) is 18.2 Å². The van der Waals surface area contributed by atoms with Gasteiger partial charge < -0.3 is 20.6 Å². The van der Waals surface area contributed by atoms with E-state index in [1.807, 2.05) is 35.2 Å². The molecule has 4 heterocycles. The molecule has 44 heavy (non-hydrogen) atoms. The number of aliphatic carboxylic acids is 1. The summed E-state index contributed by atoms with van der Waals surface area (Å²) >= 11 is 0. The van der Waals surface area contributed by atoms with Crippen molar-refractivity contribution in [2.75, 3.05) is 48.8 Å². The van der Waals surface area contributed by atoms with E-state index < -0.39 is 21.8 Å². The van der Waals surface area contributed by atoms with Gasteiger partial charge in [0.25, 0.3) is 0 Å². The molecule has 0 saturated heterocycles. The summed E-state index contributed by atoms with van der Waals surface area (Å²) in [6.07, 6.45) is 9.56. The molecule has 11 nitrogen and oxygen atoms in total. The summed E-state index contributed by atoms with van der Waals surface area (Å²) in [4.78, 5) is 32.7. The normalized spacial score (nSPS) is 13.8. The van der Waals surface area contributed by atoms with Crippen molar-refractivity contribution < 1.29 is 18.3 Å². The van der Waals surface area contributed by atoms with E-state index in [4.69, 9.17) is 4.98 Å². The first-order valence-electron chi connectivity index (χ1n) is 15.0. The molecule has 0 amide bonds. The number of carboxylic acid groups (broad SMARTS) is 1. The Kier molecular flexibility index (Phi) is 10.3. The molecule has 0 spiro atoms. The predicted molar refractivity (Wildman–Crippen MR) is 173 cm³/mol. The lowest BCUT2D eigenvalue weighted by atomic mass is 10.1. The van der Waals surface area contributed by atoms with E-state index in [2.05, 4.69) is 37.7 Å². The Labute approximate surface area is 258 Å². The number of para-hydroxylation sites is 1. The Hall–Kier alpha value is -4.16. The first kappa shape index (κ1) is 31.3. The van der Waals surface area contributed by atoms with E-state index in [1.165, 1.54) is 11.8 Å². The van der Waals surface area contributed by atoms with E-state index in [9.17, 15) is 18.3 Å². The Morgan fingerprint density at radius 2 is 1.91 bits per heavy atom. The molecule has 0 aliphatic carbocycles. The molecule has 0 saturated carbocycles. The molecule has 0 fully saturated rings. The minimum absolute atomic E-state index is 0.0151. The van der Waals surface area contributed by atoms with Crippen molar-refractivity contribution in [3.05, 3.63) is 72.2 Å². The summed E-state index contributed by atoms with van der Waals surface area (Å²) in [5, 5.41) is 17.4. The topological polar surface area (TPSA) is 150 Å². The third kappa shape index (κ3) is 8.70. The second-order valence-corrected chi connectivity index (χ2v) is 13.5. The van der Waals surface area contributed by atoms with Gasteiger partial charge in [-0.05, 0) is 81.0 Å². The number of aromatic nitrogens is 4. The third-order valence-electron chi connectivity index (χ3n) is 7.75. The van der Waals surface area contributed by atoms with E-state index in [-0.39, 0.29) is 12.2 Å². The fraction of sp³-hybridized carbons (Fsp3) is 0.406. The summed E-state index contributed by atoms with van der Waals surface area (Å²) in [7, 11) is -3.17. The van der Waals surface area contributed by atoms with Crippen LogP contribution in [0.25, 0.3) is 22.3 Å². The molecule has 3 aromatic heterocycles. The van der Waals surface area contributed by atoms with Crippen LogP contribution in [-0.2, 0) is 27.5 Å². The van der Waals surface area contributed by atoms with Crippen LogP contribution in [0.2, 0.25) is 0 Å². The van der Waals surface area contributed by atoms with Gasteiger partial charge in [-0.3, -0.25) is 4.98 Å². The predicted octanol–water partition coefficient (Wildman–Crippen LogP) is 4.07. The molecule has 1 unspecified atom stereocenters. The Morgan fingerprint density at radius 1 is 1.05 bits per heavy atom. The number of hydrogen-bond donors (Lipinski definition) is 3. The fourth-order valence-electron chi connectivity index (χ4n) is 5.32. The number of hydrogen-bond acceptors (Lipinski definition) is 10. The maximum Gasteiger partial charge on any atom is 0.326 e. The van der Waals surface area contributed by atoms with Gasteiger partial charge in [0.15, 0.2) is 5.82 Å². The molecule has 1 aromatic carbocycles. The standard InChI is InChI=1S/C32H39N7O4S/c1-44(42,43)21-20-39(18-5-4-10-25-14-13-23-8-7-17-34-29(23)35-25)19-15-28(32(40)41)37-31-26-11-2-3-12-27(26)36-30(38-31)24-9-6-16-33-22-24/h2-3,6,9,11-14,16,22,28H,4-5,7-8,10,15,17-21H2,1H3,(H,34,35)(H,40,41)(H,36,37,38). The van der Waals surface area contributed by atoms with Gasteiger partial charge in [-0.2, -0.15) is 0 Å². The van der Waals surface area contributed by atoms with Crippen molar-refractivity contribution in [2.24, 2.45) is 0 Å². The minimum Gasteiger partial charge on any atom is -0.480 e. The average molecular weight is 618 g/mol. The smallest absolute Gasteiger partial charge is 0.326 e. The summed E-state index contributed by atoms with van der Waals surface area (Å²) in [5.74, 6) is 0.867. The van der Waals surface area contributed by atoms with Crippen molar-refractivity contribution in [3.8, 4) is 11.4 Å². The van der Waals surface area contributed by atoms with E-state index in [0.717, 1.165) is 55.7 Å². The van der Waals surface area contributed by atoms with Crippen LogP contribution in [0.1, 0.15) is 36.9 Å². The number of rotatable bonds is 15. The van der Waals surface area contributed by atoms with Crippen molar-refractivity contribution >= 4 is 38.3 Å². The third-order valence-corrected chi connectivity index (χ3v) is 8.68. The Balaban J connectivity index is 1.24. The molecular weight excluding hydrogens is 578 g/mol. The fourth-order valence-corrected chi connectivity index (χ4v) is 5.91. The van der Waals surface area contributed by atoms with Gasteiger partial charge in [0, 0.05) is 54.9 Å². The lowest BCUT2D eigenvalue weighted by Crippen LogP contribution is -2.37. The molecule has 1 aliphatic heterocycles. The number of sulfone groups is 1. The molecule has 5 rings (SSSR count).